The number of carboxylic acids is 1. The van der Waals surface area contributed by atoms with Crippen LogP contribution in [0.2, 0.25) is 0 Å². The Balaban J connectivity index is 2.51. The lowest BCUT2D eigenvalue weighted by Gasteiger charge is -2.22. The van der Waals surface area contributed by atoms with Crippen molar-refractivity contribution < 1.29 is 23.5 Å². The van der Waals surface area contributed by atoms with Crippen molar-refractivity contribution in [1.82, 2.24) is 5.32 Å². The first-order chi connectivity index (χ1) is 14.0. The number of carboxylic acid groups (broad SMARTS) is 1. The molecule has 2 rings (SSSR count). The van der Waals surface area contributed by atoms with Crippen LogP contribution < -0.4 is 11.1 Å². The molecule has 0 bridgehead atoms. The van der Waals surface area contributed by atoms with Gasteiger partial charge in [-0.15, -0.1) is 0 Å². The number of hydrogen-bond donors (Lipinski definition) is 3. The topological polar surface area (TPSA) is 92.4 Å². The molecule has 1 amide bonds. The molecule has 0 unspecified atom stereocenters. The van der Waals surface area contributed by atoms with Crippen molar-refractivity contribution in [3.05, 3.63) is 58.7 Å². The third kappa shape index (κ3) is 5.63. The molecule has 0 saturated heterocycles. The SMILES string of the molecule is Cc1cccc(C)c1-c1cc(F)c(F)c([C@H](CC(=O)O)NC(=O)[C@@H](N)CC(C)C)c1. The van der Waals surface area contributed by atoms with E-state index in [2.05, 4.69) is 5.32 Å². The highest BCUT2D eigenvalue weighted by atomic mass is 19.2. The van der Waals surface area contributed by atoms with Crippen LogP contribution in [0.4, 0.5) is 8.78 Å². The van der Waals surface area contributed by atoms with Crippen molar-refractivity contribution in [2.24, 2.45) is 11.7 Å². The minimum atomic E-state index is -1.26. The molecule has 0 fully saturated rings. The van der Waals surface area contributed by atoms with E-state index in [4.69, 9.17) is 5.73 Å². The van der Waals surface area contributed by atoms with E-state index < -0.39 is 42.0 Å². The summed E-state index contributed by atoms with van der Waals surface area (Å²) in [5.41, 5.74) is 8.53. The highest BCUT2D eigenvalue weighted by Gasteiger charge is 2.27. The van der Waals surface area contributed by atoms with Crippen LogP contribution in [-0.4, -0.2) is 23.0 Å². The Morgan fingerprint density at radius 1 is 1.13 bits per heavy atom. The van der Waals surface area contributed by atoms with Gasteiger partial charge in [-0.25, -0.2) is 8.78 Å². The summed E-state index contributed by atoms with van der Waals surface area (Å²) in [5, 5.41) is 11.8. The summed E-state index contributed by atoms with van der Waals surface area (Å²) in [6.45, 7) is 7.49. The Labute approximate surface area is 175 Å². The van der Waals surface area contributed by atoms with E-state index in [-0.39, 0.29) is 11.5 Å². The molecular formula is C23H28F2N2O3. The first kappa shape index (κ1) is 23.5. The molecule has 2 aromatic rings. The lowest BCUT2D eigenvalue weighted by Crippen LogP contribution is -2.43. The van der Waals surface area contributed by atoms with Crippen molar-refractivity contribution in [2.75, 3.05) is 0 Å². The third-order valence-corrected chi connectivity index (χ3v) is 4.96. The zero-order valence-electron chi connectivity index (χ0n) is 17.6. The van der Waals surface area contributed by atoms with Gasteiger partial charge < -0.3 is 16.2 Å². The minimum Gasteiger partial charge on any atom is -0.481 e. The Morgan fingerprint density at radius 3 is 2.27 bits per heavy atom. The van der Waals surface area contributed by atoms with Crippen LogP contribution in [0.1, 0.15) is 49.4 Å². The normalized spacial score (nSPS) is 13.2. The van der Waals surface area contributed by atoms with Crippen LogP contribution in [0, 0.1) is 31.4 Å². The van der Waals surface area contributed by atoms with E-state index in [1.165, 1.54) is 6.07 Å². The molecule has 162 valence electrons. The minimum absolute atomic E-state index is 0.144. The van der Waals surface area contributed by atoms with Crippen molar-refractivity contribution in [3.8, 4) is 11.1 Å². The maximum Gasteiger partial charge on any atom is 0.305 e. The molecule has 7 heteroatoms. The highest BCUT2D eigenvalue weighted by Crippen LogP contribution is 2.33. The molecule has 0 aromatic heterocycles. The van der Waals surface area contributed by atoms with Crippen LogP contribution in [0.3, 0.4) is 0 Å². The molecule has 4 N–H and O–H groups in total. The summed E-state index contributed by atoms with van der Waals surface area (Å²) < 4.78 is 29.2. The fraction of sp³-hybridized carbons (Fsp3) is 0.391. The van der Waals surface area contributed by atoms with Gasteiger partial charge >= 0.3 is 5.97 Å². The average Bonchev–Trinajstić information content (AvgIpc) is 2.62. The number of rotatable bonds is 8. The summed E-state index contributed by atoms with van der Waals surface area (Å²) >= 11 is 0. The van der Waals surface area contributed by atoms with Crippen molar-refractivity contribution in [2.45, 2.75) is 52.6 Å². The van der Waals surface area contributed by atoms with E-state index in [1.807, 2.05) is 45.9 Å². The third-order valence-electron chi connectivity index (χ3n) is 4.96. The predicted molar refractivity (Wildman–Crippen MR) is 112 cm³/mol. The maximum atomic E-state index is 14.7. The smallest absolute Gasteiger partial charge is 0.305 e. The molecule has 5 nitrogen and oxygen atoms in total. The Bertz CT molecular complexity index is 924. The number of halogens is 2. The second-order valence-electron chi connectivity index (χ2n) is 8.02. The first-order valence-electron chi connectivity index (χ1n) is 9.84. The number of carbonyl (C=O) groups excluding carboxylic acids is 1. The standard InChI is InChI=1S/C23H28F2N2O3/c1-12(2)8-18(26)23(30)27-19(11-20(28)29)16-9-15(10-17(24)22(16)25)21-13(3)6-5-7-14(21)4/h5-7,9-10,12,18-19H,8,11,26H2,1-4H3,(H,27,30)(H,28,29)/t18-,19-/m0/s1. The lowest BCUT2D eigenvalue weighted by atomic mass is 9.92. The molecule has 0 saturated carbocycles. The quantitative estimate of drug-likeness (QED) is 0.597. The Hall–Kier alpha value is -2.80. The van der Waals surface area contributed by atoms with Gasteiger partial charge in [0.05, 0.1) is 18.5 Å². The average molecular weight is 418 g/mol. The maximum absolute atomic E-state index is 14.7. The summed E-state index contributed by atoms with van der Waals surface area (Å²) in [5.74, 6) is -4.01. The van der Waals surface area contributed by atoms with Gasteiger partial charge in [-0.05, 0) is 60.6 Å². The fourth-order valence-corrected chi connectivity index (χ4v) is 3.59. The van der Waals surface area contributed by atoms with Gasteiger partial charge in [0.1, 0.15) is 0 Å². The van der Waals surface area contributed by atoms with E-state index in [1.54, 1.807) is 0 Å². The Morgan fingerprint density at radius 2 is 1.73 bits per heavy atom. The molecule has 0 aliphatic carbocycles. The molecule has 2 aromatic carbocycles. The van der Waals surface area contributed by atoms with E-state index in [0.29, 0.717) is 12.0 Å². The summed E-state index contributed by atoms with van der Waals surface area (Å²) in [6.07, 6.45) is -0.225. The first-order valence-corrected chi connectivity index (χ1v) is 9.84. The lowest BCUT2D eigenvalue weighted by molar-refractivity contribution is -0.137. The van der Waals surface area contributed by atoms with Gasteiger partial charge in [-0.1, -0.05) is 32.0 Å². The highest BCUT2D eigenvalue weighted by molar-refractivity contribution is 5.83. The van der Waals surface area contributed by atoms with Crippen LogP contribution in [0.5, 0.6) is 0 Å². The number of aliphatic carboxylic acids is 1. The van der Waals surface area contributed by atoms with Gasteiger partial charge in [0, 0.05) is 5.56 Å². The van der Waals surface area contributed by atoms with E-state index in [0.717, 1.165) is 22.8 Å². The number of aryl methyl sites for hydroxylation is 2. The van der Waals surface area contributed by atoms with Gasteiger partial charge in [0.15, 0.2) is 11.6 Å². The van der Waals surface area contributed by atoms with Gasteiger partial charge in [0.2, 0.25) is 5.91 Å². The number of amides is 1. The zero-order valence-corrected chi connectivity index (χ0v) is 17.6. The molecule has 0 spiro atoms. The van der Waals surface area contributed by atoms with E-state index in [9.17, 15) is 23.5 Å². The molecule has 0 heterocycles. The monoisotopic (exact) mass is 418 g/mol. The number of hydrogen-bond acceptors (Lipinski definition) is 3. The fourth-order valence-electron chi connectivity index (χ4n) is 3.59. The summed E-state index contributed by atoms with van der Waals surface area (Å²) in [4.78, 5) is 23.8. The van der Waals surface area contributed by atoms with Crippen LogP contribution in [-0.2, 0) is 9.59 Å². The van der Waals surface area contributed by atoms with Crippen molar-refractivity contribution >= 4 is 11.9 Å². The molecular weight excluding hydrogens is 390 g/mol. The largest absolute Gasteiger partial charge is 0.481 e. The number of benzene rings is 2. The molecule has 2 atom stereocenters. The van der Waals surface area contributed by atoms with Gasteiger partial charge in [-0.3, -0.25) is 9.59 Å². The Kier molecular flexibility index (Phi) is 7.67. The summed E-state index contributed by atoms with van der Waals surface area (Å²) in [6, 6.07) is 5.91. The van der Waals surface area contributed by atoms with E-state index >= 15 is 0 Å². The summed E-state index contributed by atoms with van der Waals surface area (Å²) in [7, 11) is 0. The van der Waals surface area contributed by atoms with Crippen molar-refractivity contribution in [3.63, 3.8) is 0 Å². The molecule has 0 aliphatic heterocycles. The van der Waals surface area contributed by atoms with Crippen LogP contribution in [0.25, 0.3) is 11.1 Å². The zero-order chi connectivity index (χ0) is 22.6. The van der Waals surface area contributed by atoms with Crippen molar-refractivity contribution in [1.29, 1.82) is 0 Å². The number of nitrogens with one attached hydrogen (secondary N) is 1. The second kappa shape index (κ2) is 9.80. The number of carbonyl (C=O) groups is 2. The van der Waals surface area contributed by atoms with Crippen LogP contribution >= 0.6 is 0 Å². The molecule has 30 heavy (non-hydrogen) atoms. The van der Waals surface area contributed by atoms with Gasteiger partial charge in [-0.2, -0.15) is 0 Å². The second-order valence-corrected chi connectivity index (χ2v) is 8.02. The van der Waals surface area contributed by atoms with Gasteiger partial charge in [0.25, 0.3) is 0 Å². The molecule has 0 aliphatic rings. The van der Waals surface area contributed by atoms with Crippen LogP contribution in [0.15, 0.2) is 30.3 Å². The molecule has 0 radical (unpaired) electrons. The predicted octanol–water partition coefficient (Wildman–Crippen LogP) is 4.25. The number of nitrogens with two attached hydrogens (primary N) is 1.